The van der Waals surface area contributed by atoms with Crippen molar-refractivity contribution in [2.24, 2.45) is 10.8 Å². The normalized spacial score (nSPS) is 35.1. The van der Waals surface area contributed by atoms with Crippen LogP contribution in [0.15, 0.2) is 130 Å². The molecule has 8 N–H and O–H groups in total. The van der Waals surface area contributed by atoms with Crippen molar-refractivity contribution >= 4 is 0 Å². The van der Waals surface area contributed by atoms with Crippen LogP contribution in [-0.2, 0) is 18.9 Å². The second-order valence-electron chi connectivity index (χ2n) is 19.3. The molecule has 0 saturated carbocycles. The van der Waals surface area contributed by atoms with E-state index in [0.29, 0.717) is 25.7 Å². The molecular weight excluding hydrogens is 817 g/mol. The third kappa shape index (κ3) is 14.6. The van der Waals surface area contributed by atoms with E-state index in [9.17, 15) is 40.9 Å². The molecular formula is C52H76O12. The van der Waals surface area contributed by atoms with Crippen LogP contribution in [0.4, 0.5) is 0 Å². The lowest BCUT2D eigenvalue weighted by molar-refractivity contribution is -0.313. The Kier molecular flexibility index (Phi) is 19.9. The number of allylic oxidation sites excluding steroid dienone is 20. The van der Waals surface area contributed by atoms with Crippen LogP contribution in [0.3, 0.4) is 0 Å². The molecule has 4 rings (SSSR count). The minimum Gasteiger partial charge on any atom is -0.394 e. The average Bonchev–Trinajstić information content (AvgIpc) is 3.21. The van der Waals surface area contributed by atoms with Crippen molar-refractivity contribution in [1.82, 2.24) is 0 Å². The highest BCUT2D eigenvalue weighted by molar-refractivity contribution is 5.39. The van der Waals surface area contributed by atoms with Gasteiger partial charge in [0.15, 0.2) is 12.6 Å². The molecule has 12 nitrogen and oxygen atoms in total. The van der Waals surface area contributed by atoms with Crippen molar-refractivity contribution in [3.63, 3.8) is 0 Å². The second-order valence-corrected chi connectivity index (χ2v) is 19.3. The summed E-state index contributed by atoms with van der Waals surface area (Å²) in [6.45, 7) is 20.0. The Hall–Kier alpha value is -3.34. The fraction of sp³-hybridized carbons (Fsp3) is 0.577. The van der Waals surface area contributed by atoms with Gasteiger partial charge in [-0.2, -0.15) is 0 Å². The molecule has 0 amide bonds. The van der Waals surface area contributed by atoms with E-state index in [0.717, 1.165) is 33.4 Å². The van der Waals surface area contributed by atoms with Crippen molar-refractivity contribution in [2.75, 3.05) is 13.2 Å². The number of aliphatic hydroxyl groups excluding tert-OH is 8. The molecule has 356 valence electrons. The van der Waals surface area contributed by atoms with E-state index in [-0.39, 0.29) is 23.0 Å². The molecule has 0 unspecified atom stereocenters. The zero-order chi connectivity index (χ0) is 47.5. The summed E-state index contributed by atoms with van der Waals surface area (Å²) < 4.78 is 23.4. The molecule has 12 atom stereocenters. The first kappa shape index (κ1) is 53.3. The minimum absolute atomic E-state index is 0.226. The van der Waals surface area contributed by atoms with Crippen LogP contribution < -0.4 is 0 Å². The summed E-state index contributed by atoms with van der Waals surface area (Å²) >= 11 is 0. The van der Waals surface area contributed by atoms with Gasteiger partial charge < -0.3 is 59.8 Å². The summed E-state index contributed by atoms with van der Waals surface area (Å²) in [5.74, 6) is 0. The molecule has 12 heteroatoms. The van der Waals surface area contributed by atoms with Crippen LogP contribution >= 0.6 is 0 Å². The first-order chi connectivity index (χ1) is 30.1. The molecule has 0 spiro atoms. The Morgan fingerprint density at radius 3 is 1.17 bits per heavy atom. The molecule has 64 heavy (non-hydrogen) atoms. The highest BCUT2D eigenvalue weighted by Gasteiger charge is 2.47. The van der Waals surface area contributed by atoms with E-state index in [2.05, 4.69) is 130 Å². The summed E-state index contributed by atoms with van der Waals surface area (Å²) in [5.41, 5.74) is 8.72. The summed E-state index contributed by atoms with van der Waals surface area (Å²) in [5, 5.41) is 80.6. The maximum Gasteiger partial charge on any atom is 0.186 e. The van der Waals surface area contributed by atoms with E-state index in [4.69, 9.17) is 18.9 Å². The standard InChI is InChI=1S/C52H76O12/c1-31(17-13-19-33(3)21-23-39-35(5)25-37(27-51(39,7)8)61-49-47(59)45(57)43(55)41(29-53)63-49)15-11-12-16-32(2)18-14-20-34(4)22-24-40-36(6)26-38(28-52(40,9)10)62-50-48(60)46(58)44(56)42(30-54)64-50/h11-24,37-38,41-50,53-60H,25-30H2,1-10H3/b12-11+,17-13+,18-14+,23-21+,24-22+,31-15+,32-16+,33-19+,34-20+/t37-,38-,41+,42+,43+,44+,45-,46-,47+,48+,49+,50+/m0/s1. The topological polar surface area (TPSA) is 199 Å². The zero-order valence-electron chi connectivity index (χ0n) is 39.5. The van der Waals surface area contributed by atoms with E-state index in [1.807, 2.05) is 24.3 Å². The van der Waals surface area contributed by atoms with Crippen LogP contribution in [0.2, 0.25) is 0 Å². The molecule has 2 aliphatic carbocycles. The number of aliphatic hydroxyl groups is 8. The zero-order valence-corrected chi connectivity index (χ0v) is 39.5. The number of ether oxygens (including phenoxy) is 4. The summed E-state index contributed by atoms with van der Waals surface area (Å²) in [6.07, 6.45) is 18.2. The van der Waals surface area contributed by atoms with Crippen molar-refractivity contribution < 1.29 is 59.8 Å². The predicted molar refractivity (Wildman–Crippen MR) is 249 cm³/mol. The van der Waals surface area contributed by atoms with Gasteiger partial charge in [0, 0.05) is 0 Å². The first-order valence-corrected chi connectivity index (χ1v) is 22.5. The van der Waals surface area contributed by atoms with Gasteiger partial charge in [0.1, 0.15) is 48.8 Å². The Labute approximate surface area is 381 Å². The average molecular weight is 893 g/mol. The summed E-state index contributed by atoms with van der Waals surface area (Å²) in [4.78, 5) is 0. The molecule has 0 radical (unpaired) electrons. The molecule has 0 bridgehead atoms. The van der Waals surface area contributed by atoms with Crippen LogP contribution in [0.5, 0.6) is 0 Å². The number of rotatable bonds is 16. The van der Waals surface area contributed by atoms with Crippen LogP contribution in [0.1, 0.15) is 94.9 Å². The van der Waals surface area contributed by atoms with Crippen molar-refractivity contribution in [3.05, 3.63) is 130 Å². The molecule has 2 fully saturated rings. The molecule has 0 aromatic carbocycles. The number of hydrogen-bond donors (Lipinski definition) is 8. The molecule has 4 aliphatic rings. The lowest BCUT2D eigenvalue weighted by Gasteiger charge is -2.43. The van der Waals surface area contributed by atoms with Crippen molar-refractivity contribution in [1.29, 1.82) is 0 Å². The van der Waals surface area contributed by atoms with Crippen molar-refractivity contribution in [3.8, 4) is 0 Å². The van der Waals surface area contributed by atoms with Gasteiger partial charge in [-0.15, -0.1) is 0 Å². The van der Waals surface area contributed by atoms with Gasteiger partial charge in [-0.1, -0.05) is 146 Å². The van der Waals surface area contributed by atoms with Gasteiger partial charge in [-0.25, -0.2) is 0 Å². The Morgan fingerprint density at radius 2 is 0.844 bits per heavy atom. The lowest BCUT2D eigenvalue weighted by Crippen LogP contribution is -2.59. The fourth-order valence-electron chi connectivity index (χ4n) is 9.00. The van der Waals surface area contributed by atoms with E-state index in [1.165, 1.54) is 11.1 Å². The molecule has 2 heterocycles. The van der Waals surface area contributed by atoms with Gasteiger partial charge >= 0.3 is 0 Å². The molecule has 0 aromatic heterocycles. The van der Waals surface area contributed by atoms with Crippen LogP contribution in [-0.4, -0.2) is 128 Å². The Balaban J connectivity index is 1.25. The maximum atomic E-state index is 10.5. The van der Waals surface area contributed by atoms with Crippen LogP contribution in [0.25, 0.3) is 0 Å². The van der Waals surface area contributed by atoms with Gasteiger partial charge in [0.25, 0.3) is 0 Å². The lowest BCUT2D eigenvalue weighted by atomic mass is 9.71. The number of hydrogen-bond acceptors (Lipinski definition) is 12. The van der Waals surface area contributed by atoms with Gasteiger partial charge in [0.2, 0.25) is 0 Å². The van der Waals surface area contributed by atoms with Crippen LogP contribution in [0, 0.1) is 10.8 Å². The maximum absolute atomic E-state index is 10.5. The smallest absolute Gasteiger partial charge is 0.186 e. The largest absolute Gasteiger partial charge is 0.394 e. The highest BCUT2D eigenvalue weighted by Crippen LogP contribution is 2.44. The highest BCUT2D eigenvalue weighted by atomic mass is 16.7. The predicted octanol–water partition coefficient (Wildman–Crippen LogP) is 6.20. The van der Waals surface area contributed by atoms with Gasteiger partial charge in [-0.3, -0.25) is 0 Å². The van der Waals surface area contributed by atoms with E-state index < -0.39 is 74.6 Å². The molecule has 2 saturated heterocycles. The monoisotopic (exact) mass is 893 g/mol. The quantitative estimate of drug-likeness (QED) is 0.0819. The molecule has 0 aromatic rings. The first-order valence-electron chi connectivity index (χ1n) is 22.5. The molecule has 2 aliphatic heterocycles. The Morgan fingerprint density at radius 1 is 0.516 bits per heavy atom. The van der Waals surface area contributed by atoms with E-state index >= 15 is 0 Å². The SMILES string of the molecule is CC1=C(/C=C/C(C)=C/C=C/C(C)=C/C=C/C=C(C)/C=C/C=C(C)/C=C/C2=C(C)C[C@H](O[C@@H]3O[C@H](CO)[C@@H](O)[C@H](O)[C@H]3O)CC2(C)C)C(C)(C)C[C@@H](O[C@@H]2O[C@H](CO)[C@@H](O)[C@H](O)[C@H]2O)C1. The van der Waals surface area contributed by atoms with E-state index in [1.54, 1.807) is 0 Å². The third-order valence-corrected chi connectivity index (χ3v) is 12.6. The summed E-state index contributed by atoms with van der Waals surface area (Å²) in [7, 11) is 0. The second kappa shape index (κ2) is 23.9. The Bertz CT molecular complexity index is 1780. The fourth-order valence-corrected chi connectivity index (χ4v) is 9.00. The minimum atomic E-state index is -1.47. The summed E-state index contributed by atoms with van der Waals surface area (Å²) in [6, 6.07) is 0. The van der Waals surface area contributed by atoms with Gasteiger partial charge in [0.05, 0.1) is 25.4 Å². The third-order valence-electron chi connectivity index (χ3n) is 12.6. The van der Waals surface area contributed by atoms with Gasteiger partial charge in [-0.05, 0) is 89.2 Å². The van der Waals surface area contributed by atoms with Crippen molar-refractivity contribution in [2.45, 2.75) is 169 Å².